The number of methoxy groups -OCH3 is 2. The molecule has 0 spiro atoms. The number of benzene rings is 5. The molecule has 2 saturated heterocycles. The number of ether oxygens (including phenoxy) is 4. The Morgan fingerprint density at radius 1 is 0.740 bits per heavy atom. The second-order valence-electron chi connectivity index (χ2n) is 28.7. The van der Waals surface area contributed by atoms with Gasteiger partial charge >= 0.3 is 18.0 Å². The van der Waals surface area contributed by atoms with Gasteiger partial charge in [-0.3, -0.25) is 9.69 Å². The predicted octanol–water partition coefficient (Wildman–Crippen LogP) is 12.3. The van der Waals surface area contributed by atoms with E-state index < -0.39 is 30.3 Å². The van der Waals surface area contributed by atoms with E-state index in [9.17, 15) is 28.7 Å². The number of β-amino-alcohol motifs (C(OH)–C–C–N with tert-alkyl or cyclic N) is 1. The minimum atomic E-state index is -2.27. The number of hydrogen-bond acceptors (Lipinski definition) is 18. The third-order valence-corrected chi connectivity index (χ3v) is 21.4. The molecule has 1 amide bonds. The van der Waals surface area contributed by atoms with Gasteiger partial charge in [0.15, 0.2) is 34.6 Å². The summed E-state index contributed by atoms with van der Waals surface area (Å²) in [5.74, 6) is 0.665. The van der Waals surface area contributed by atoms with Crippen LogP contribution in [0.3, 0.4) is 0 Å². The Morgan fingerprint density at radius 2 is 1.33 bits per heavy atom. The lowest BCUT2D eigenvalue weighted by molar-refractivity contribution is -0.165. The number of aliphatic hydroxyl groups excluding tert-OH is 3. The fraction of sp³-hybridized carbons (Fsp3) is 0.539. The molecule has 2 aliphatic heterocycles. The van der Waals surface area contributed by atoms with Crippen LogP contribution in [0.4, 0.5) is 14.3 Å². The van der Waals surface area contributed by atoms with E-state index in [4.69, 9.17) is 50.1 Å². The summed E-state index contributed by atoms with van der Waals surface area (Å²) >= 11 is 1.74. The maximum atomic E-state index is 12.9. The number of carbonyl (C=O) groups excluding carboxylic acids is 2. The molecule has 6 fully saturated rings. The van der Waals surface area contributed by atoms with Gasteiger partial charge in [-0.25, -0.2) is 23.8 Å². The zero-order chi connectivity index (χ0) is 71.1. The van der Waals surface area contributed by atoms with Crippen molar-refractivity contribution < 1.29 is 68.0 Å². The molecule has 0 radical (unpaired) electrons. The Kier molecular flexibility index (Phi) is 30.8. The number of ketones is 1. The van der Waals surface area contributed by atoms with Gasteiger partial charge in [-0.15, -0.1) is 24.8 Å². The molecule has 1 aromatic heterocycles. The molecule has 4 saturated carbocycles. The summed E-state index contributed by atoms with van der Waals surface area (Å²) < 4.78 is 35.8. The van der Waals surface area contributed by atoms with Crippen molar-refractivity contribution in [1.82, 2.24) is 24.6 Å². The lowest BCUT2D eigenvalue weighted by atomic mass is 9.43. The first-order valence-electron chi connectivity index (χ1n) is 34.3. The number of rotatable bonds is 20. The SMILES string of the molecule is CC12CC3CC(C)(C1)CC(N)(C3)C2.CCN(C)C(=O)Oc1cccc([C@H](C)N(C)C)c1.CN(c1nc2ccccc2s1)C1CCN(CC(O)COc2ccc(F)cc2)CC1.COc1cc2c(cc1OC)C(=O)C(CC1CCN(Cc3ccccc3)CC1)C2.Cl.Cl.O=C(O)C(O)C(O)C(=O)O. The third-order valence-electron chi connectivity index (χ3n) is 20.3. The first kappa shape index (κ1) is 82.3. The molecule has 5 aliphatic carbocycles. The molecular weight excluding hydrogens is 1340 g/mol. The number of carboxylic acid groups (broad SMARTS) is 2. The Bertz CT molecular complexity index is 3480. The van der Waals surface area contributed by atoms with Crippen molar-refractivity contribution in [3.05, 3.63) is 143 Å². The van der Waals surface area contributed by atoms with Crippen molar-refractivity contribution in [1.29, 1.82) is 0 Å². The summed E-state index contributed by atoms with van der Waals surface area (Å²) in [7, 11) is 11.1. The second-order valence-corrected chi connectivity index (χ2v) is 29.8. The van der Waals surface area contributed by atoms with Crippen LogP contribution < -0.4 is 29.6 Å². The molecular formula is C76H106Cl2FN7O13S. The molecule has 5 aromatic carbocycles. The smallest absolute Gasteiger partial charge is 0.414 e. The minimum absolute atomic E-state index is 0. The van der Waals surface area contributed by atoms with Gasteiger partial charge in [-0.2, -0.15) is 0 Å². The standard InChI is InChI=1S/C24H29NO3.C22H26FN3O2S.C14H22N2O2.C12H21N.C4H6O6.2ClH/c1-27-22-14-19-13-20(24(26)21(19)15-23(22)28-2)12-17-8-10-25(11-9-17)16-18-6-4-3-5-7-18;1-25(22-24-20-4-2-3-5-21(20)29-22)17-10-12-26(13-11-17)14-18(27)15-28-19-8-6-16(23)7-9-19;1-6-16(5)14(17)18-13-9-7-8-12(10-13)11(2)15(3)4;1-10-3-9-4-11(2,6-10)8-12(13,5-9)7-10;5-1(3(7)8)2(6)4(9)10;;/h3-7,14-15,17,20H,8-13,16H2,1-2H3;2-9,17-18,27H,10-15H2,1H3;7-11H,6H2,1-5H3;9H,3-8,13H2,1-2H3;1-2,5-6H,(H,7,8)(H,9,10);2*1H/t;;11-;;;;/m..0..../s1. The van der Waals surface area contributed by atoms with Crippen molar-refractivity contribution in [2.75, 3.05) is 93.2 Å². The van der Waals surface area contributed by atoms with Crippen LogP contribution >= 0.6 is 36.2 Å². The molecule has 4 bridgehead atoms. The number of nitrogens with zero attached hydrogens (tertiary/aromatic N) is 6. The Balaban J connectivity index is 0.000000206. The van der Waals surface area contributed by atoms with Crippen LogP contribution in [-0.2, 0) is 22.6 Å². The normalized spacial score (nSPS) is 22.7. The van der Waals surface area contributed by atoms with Gasteiger partial charge in [0, 0.05) is 75.9 Å². The van der Waals surface area contributed by atoms with Crippen molar-refractivity contribution in [3.8, 4) is 23.0 Å². The number of piperidine rings is 2. The van der Waals surface area contributed by atoms with E-state index in [0.29, 0.717) is 58.9 Å². The number of halogens is 3. The van der Waals surface area contributed by atoms with Crippen LogP contribution in [0.25, 0.3) is 10.2 Å². The largest absolute Gasteiger partial charge is 0.493 e. The maximum Gasteiger partial charge on any atom is 0.414 e. The first-order chi connectivity index (χ1) is 46.6. The zero-order valence-electron chi connectivity index (χ0n) is 59.6. The van der Waals surface area contributed by atoms with Gasteiger partial charge < -0.3 is 69.8 Å². The van der Waals surface area contributed by atoms with Crippen molar-refractivity contribution in [2.45, 2.75) is 147 Å². The number of aliphatic hydroxyl groups is 3. The number of fused-ring (bicyclic) bond motifs is 2. The fourth-order valence-electron chi connectivity index (χ4n) is 15.7. The maximum absolute atomic E-state index is 12.9. The molecule has 7 N–H and O–H groups in total. The van der Waals surface area contributed by atoms with Crippen molar-refractivity contribution in [3.63, 3.8) is 0 Å². The first-order valence-corrected chi connectivity index (χ1v) is 35.1. The average Bonchev–Trinajstić information content (AvgIpc) is 0.887. The Labute approximate surface area is 605 Å². The highest BCUT2D eigenvalue weighted by Gasteiger charge is 2.58. The van der Waals surface area contributed by atoms with E-state index in [-0.39, 0.29) is 66.6 Å². The van der Waals surface area contributed by atoms with E-state index in [1.807, 2.05) is 63.5 Å². The summed E-state index contributed by atoms with van der Waals surface area (Å²) in [6.45, 7) is 15.5. The van der Waals surface area contributed by atoms with Crippen molar-refractivity contribution in [2.24, 2.45) is 34.3 Å². The van der Waals surface area contributed by atoms with Crippen LogP contribution in [0.2, 0.25) is 0 Å². The molecule has 20 nitrogen and oxygen atoms in total. The van der Waals surface area contributed by atoms with E-state index in [0.717, 1.165) is 91.7 Å². The van der Waals surface area contributed by atoms with Gasteiger partial charge in [0.1, 0.15) is 30.0 Å². The van der Waals surface area contributed by atoms with Gasteiger partial charge in [-0.05, 0) is 218 Å². The number of likely N-dealkylation sites (tertiary alicyclic amines) is 2. The van der Waals surface area contributed by atoms with Crippen molar-refractivity contribution >= 4 is 75.3 Å². The summed E-state index contributed by atoms with van der Waals surface area (Å²) in [4.78, 5) is 59.7. The number of para-hydroxylation sites is 1. The predicted molar refractivity (Wildman–Crippen MR) is 394 cm³/mol. The number of hydrogen-bond donors (Lipinski definition) is 6. The van der Waals surface area contributed by atoms with Crippen LogP contribution in [0.1, 0.15) is 131 Å². The quantitative estimate of drug-likeness (QED) is 0.0415. The van der Waals surface area contributed by atoms with Crippen LogP contribution in [-0.4, -0.2) is 192 Å². The molecule has 100 heavy (non-hydrogen) atoms. The monoisotopic (exact) mass is 1450 g/mol. The second kappa shape index (κ2) is 37.5. The molecule has 6 aromatic rings. The lowest BCUT2D eigenvalue weighted by Crippen LogP contribution is -2.62. The highest BCUT2D eigenvalue weighted by Crippen LogP contribution is 2.65. The molecule has 13 rings (SSSR count). The minimum Gasteiger partial charge on any atom is -0.493 e. The fourth-order valence-corrected chi connectivity index (χ4v) is 16.7. The molecule has 7 aliphatic rings. The number of aromatic nitrogens is 1. The summed E-state index contributed by atoms with van der Waals surface area (Å²) in [5, 5.41) is 43.9. The Hall–Kier alpha value is -6.70. The third kappa shape index (κ3) is 22.9. The highest BCUT2D eigenvalue weighted by molar-refractivity contribution is 7.22. The summed E-state index contributed by atoms with van der Waals surface area (Å²) in [5.41, 5.74) is 13.4. The molecule has 550 valence electrons. The molecule has 24 heteroatoms. The number of Topliss-reactive ketones (excluding diaryl/α,β-unsaturated/α-hetero) is 1. The number of carbonyl (C=O) groups is 4. The molecule has 6 unspecified atom stereocenters. The number of aliphatic carboxylic acids is 2. The van der Waals surface area contributed by atoms with E-state index in [1.165, 1.54) is 78.7 Å². The van der Waals surface area contributed by atoms with Gasteiger partial charge in [0.05, 0.1) is 24.4 Å². The zero-order valence-corrected chi connectivity index (χ0v) is 62.0. The average molecular weight is 1450 g/mol. The topological polar surface area (TPSA) is 261 Å². The van der Waals surface area contributed by atoms with Crippen LogP contribution in [0.5, 0.6) is 23.0 Å². The van der Waals surface area contributed by atoms with Gasteiger partial charge in [0.2, 0.25) is 0 Å². The Morgan fingerprint density at radius 3 is 1.89 bits per heavy atom. The van der Waals surface area contributed by atoms with Gasteiger partial charge in [-0.1, -0.05) is 79.8 Å². The number of thiazole rings is 1. The summed E-state index contributed by atoms with van der Waals surface area (Å²) in [6.07, 6.45) is 9.11. The highest BCUT2D eigenvalue weighted by atomic mass is 35.5. The van der Waals surface area contributed by atoms with E-state index in [2.05, 4.69) is 89.9 Å². The van der Waals surface area contributed by atoms with E-state index in [1.54, 1.807) is 50.8 Å². The number of carboxylic acids is 2. The number of amides is 1. The number of anilines is 1. The van der Waals surface area contributed by atoms with Gasteiger partial charge in [0.25, 0.3) is 0 Å². The molecule has 7 atom stereocenters. The van der Waals surface area contributed by atoms with Crippen LogP contribution in [0.15, 0.2) is 115 Å². The van der Waals surface area contributed by atoms with E-state index >= 15 is 0 Å². The van der Waals surface area contributed by atoms with Crippen LogP contribution in [0, 0.1) is 34.4 Å². The lowest BCUT2D eigenvalue weighted by Gasteiger charge is -2.64. The molecule has 3 heterocycles. The number of nitrogens with two attached hydrogens (primary N) is 1. The summed E-state index contributed by atoms with van der Waals surface area (Å²) in [6, 6.07) is 37.0.